The van der Waals surface area contributed by atoms with Gasteiger partial charge in [-0.05, 0) is 59.8 Å². The summed E-state index contributed by atoms with van der Waals surface area (Å²) in [4.78, 5) is 26.0. The minimum absolute atomic E-state index is 0.104. The number of carbonyl (C=O) groups excluding carboxylic acids is 2. The van der Waals surface area contributed by atoms with Crippen molar-refractivity contribution < 1.29 is 29.3 Å². The molecule has 3 unspecified atom stereocenters. The summed E-state index contributed by atoms with van der Waals surface area (Å²) in [6.45, 7) is 1.21. The van der Waals surface area contributed by atoms with Crippen molar-refractivity contribution in [2.24, 2.45) is 17.8 Å². The Hall–Kier alpha value is -2.90. The Balaban J connectivity index is 1.26. The van der Waals surface area contributed by atoms with Crippen LogP contribution in [-0.4, -0.2) is 53.7 Å². The van der Waals surface area contributed by atoms with Crippen LogP contribution in [-0.2, 0) is 14.3 Å². The fourth-order valence-electron chi connectivity index (χ4n) is 5.19. The first kappa shape index (κ1) is 23.8. The Morgan fingerprint density at radius 3 is 2.03 bits per heavy atom. The van der Waals surface area contributed by atoms with E-state index in [0.717, 1.165) is 47.9 Å². The van der Waals surface area contributed by atoms with Gasteiger partial charge in [-0.2, -0.15) is 0 Å². The van der Waals surface area contributed by atoms with E-state index < -0.39 is 36.7 Å². The van der Waals surface area contributed by atoms with Crippen LogP contribution in [0.2, 0.25) is 0 Å². The first-order valence-corrected chi connectivity index (χ1v) is 12.6. The summed E-state index contributed by atoms with van der Waals surface area (Å²) in [5.41, 5.74) is 4.45. The molecule has 0 bridgehead atoms. The zero-order valence-corrected chi connectivity index (χ0v) is 19.9. The zero-order valence-electron chi connectivity index (χ0n) is 19.9. The number of nitrogens with one attached hydrogen (secondary N) is 1. The number of fused-ring (bicyclic) bond motifs is 3. The number of alkyl carbamates (subject to hydrolysis) is 1. The van der Waals surface area contributed by atoms with Gasteiger partial charge in [0.1, 0.15) is 18.8 Å². The number of carbonyl (C=O) groups is 2. The van der Waals surface area contributed by atoms with E-state index in [1.807, 2.05) is 36.4 Å². The fraction of sp³-hybridized carbons (Fsp3) is 0.500. The Labute approximate surface area is 205 Å². The number of ether oxygens (including phenoxy) is 2. The van der Waals surface area contributed by atoms with Gasteiger partial charge in [0.15, 0.2) is 0 Å². The van der Waals surface area contributed by atoms with E-state index in [9.17, 15) is 19.8 Å². The van der Waals surface area contributed by atoms with Crippen molar-refractivity contribution >= 4 is 12.1 Å². The largest absolute Gasteiger partial charge is 0.460 e. The second-order valence-electron chi connectivity index (χ2n) is 10.1. The minimum Gasteiger partial charge on any atom is -0.460 e. The molecule has 1 amide bonds. The van der Waals surface area contributed by atoms with Gasteiger partial charge < -0.3 is 25.0 Å². The van der Waals surface area contributed by atoms with Gasteiger partial charge in [-0.15, -0.1) is 0 Å². The first-order valence-electron chi connectivity index (χ1n) is 12.6. The molecule has 5 rings (SSSR count). The first-order chi connectivity index (χ1) is 17.0. The van der Waals surface area contributed by atoms with Crippen LogP contribution in [0.1, 0.15) is 49.7 Å². The molecule has 7 nitrogen and oxygen atoms in total. The topological polar surface area (TPSA) is 105 Å². The van der Waals surface area contributed by atoms with Crippen LogP contribution in [0.3, 0.4) is 0 Å². The molecule has 0 heterocycles. The number of aliphatic hydroxyl groups excluding tert-OH is 2. The number of esters is 1. The van der Waals surface area contributed by atoms with Crippen LogP contribution in [0.4, 0.5) is 4.79 Å². The van der Waals surface area contributed by atoms with Gasteiger partial charge in [0.25, 0.3) is 0 Å². The highest BCUT2D eigenvalue weighted by Gasteiger charge is 2.46. The van der Waals surface area contributed by atoms with Gasteiger partial charge in [0.05, 0.1) is 12.7 Å². The highest BCUT2D eigenvalue weighted by molar-refractivity contribution is 5.82. The van der Waals surface area contributed by atoms with Crippen molar-refractivity contribution in [2.75, 3.05) is 13.2 Å². The van der Waals surface area contributed by atoms with Gasteiger partial charge in [-0.3, -0.25) is 0 Å². The molecule has 35 heavy (non-hydrogen) atoms. The number of rotatable bonds is 10. The molecule has 3 N–H and O–H groups in total. The normalized spacial score (nSPS) is 19.4. The predicted octanol–water partition coefficient (Wildman–Crippen LogP) is 3.61. The van der Waals surface area contributed by atoms with Crippen LogP contribution in [0.5, 0.6) is 0 Å². The Kier molecular flexibility index (Phi) is 6.80. The monoisotopic (exact) mass is 479 g/mol. The lowest BCUT2D eigenvalue weighted by Gasteiger charge is -2.28. The maximum Gasteiger partial charge on any atom is 0.407 e. The molecule has 186 valence electrons. The van der Waals surface area contributed by atoms with Crippen LogP contribution in [0.25, 0.3) is 11.1 Å². The Morgan fingerprint density at radius 1 is 0.971 bits per heavy atom. The summed E-state index contributed by atoms with van der Waals surface area (Å²) < 4.78 is 11.5. The van der Waals surface area contributed by atoms with E-state index in [1.165, 1.54) is 0 Å². The minimum atomic E-state index is -1.18. The van der Waals surface area contributed by atoms with Gasteiger partial charge in [-0.1, -0.05) is 55.5 Å². The third-order valence-corrected chi connectivity index (χ3v) is 7.62. The second-order valence-corrected chi connectivity index (χ2v) is 10.1. The molecule has 3 aliphatic carbocycles. The summed E-state index contributed by atoms with van der Waals surface area (Å²) >= 11 is 0. The predicted molar refractivity (Wildman–Crippen MR) is 130 cm³/mol. The second kappa shape index (κ2) is 9.99. The fourth-order valence-corrected chi connectivity index (χ4v) is 5.19. The third-order valence-electron chi connectivity index (χ3n) is 7.62. The molecule has 3 atom stereocenters. The van der Waals surface area contributed by atoms with Crippen LogP contribution in [0, 0.1) is 17.8 Å². The van der Waals surface area contributed by atoms with E-state index in [0.29, 0.717) is 11.8 Å². The van der Waals surface area contributed by atoms with Crippen molar-refractivity contribution in [2.45, 2.75) is 56.8 Å². The van der Waals surface area contributed by atoms with E-state index >= 15 is 0 Å². The quantitative estimate of drug-likeness (QED) is 0.450. The zero-order chi connectivity index (χ0) is 24.5. The number of amides is 1. The lowest BCUT2D eigenvalue weighted by atomic mass is 9.96. The molecule has 3 aliphatic rings. The summed E-state index contributed by atoms with van der Waals surface area (Å²) in [6.07, 6.45) is 2.14. The van der Waals surface area contributed by atoms with Crippen molar-refractivity contribution in [3.05, 3.63) is 59.7 Å². The Bertz CT molecular complexity index is 1020. The van der Waals surface area contributed by atoms with Crippen molar-refractivity contribution in [1.29, 1.82) is 0 Å². The number of benzene rings is 2. The summed E-state index contributed by atoms with van der Waals surface area (Å²) in [5, 5.41) is 22.3. The molecule has 0 radical (unpaired) electrons. The van der Waals surface area contributed by atoms with E-state index in [1.54, 1.807) is 6.92 Å². The van der Waals surface area contributed by atoms with E-state index in [4.69, 9.17) is 9.47 Å². The molecule has 2 saturated carbocycles. The van der Waals surface area contributed by atoms with Crippen LogP contribution >= 0.6 is 0 Å². The molecular weight excluding hydrogens is 446 g/mol. The molecule has 7 heteroatoms. The van der Waals surface area contributed by atoms with Gasteiger partial charge in [0.2, 0.25) is 0 Å². The molecule has 0 aliphatic heterocycles. The molecule has 2 aromatic rings. The smallest absolute Gasteiger partial charge is 0.407 e. The lowest BCUT2D eigenvalue weighted by Crippen LogP contribution is -2.51. The van der Waals surface area contributed by atoms with Crippen molar-refractivity contribution in [1.82, 2.24) is 5.32 Å². The molecule has 0 spiro atoms. The SMILES string of the molecule is CC(C(O)CO)C(NC(=O)OCC1c2ccccc2-c2ccccc21)C(=O)OC(C1CC1)C1CC1. The molecule has 2 fully saturated rings. The number of hydrogen-bond donors (Lipinski definition) is 3. The number of hydrogen-bond acceptors (Lipinski definition) is 6. The third kappa shape index (κ3) is 5.07. The highest BCUT2D eigenvalue weighted by atomic mass is 16.6. The van der Waals surface area contributed by atoms with Gasteiger partial charge in [-0.25, -0.2) is 9.59 Å². The average molecular weight is 480 g/mol. The highest BCUT2D eigenvalue weighted by Crippen LogP contribution is 2.47. The van der Waals surface area contributed by atoms with Gasteiger partial charge in [0, 0.05) is 11.8 Å². The summed E-state index contributed by atoms with van der Waals surface area (Å²) in [7, 11) is 0. The molecule has 0 aromatic heterocycles. The lowest BCUT2D eigenvalue weighted by molar-refractivity contribution is -0.156. The number of aliphatic hydroxyl groups is 2. The summed E-state index contributed by atoms with van der Waals surface area (Å²) in [5.74, 6) is -0.651. The summed E-state index contributed by atoms with van der Waals surface area (Å²) in [6, 6.07) is 15.0. The average Bonchev–Trinajstić information content (AvgIpc) is 3.81. The van der Waals surface area contributed by atoms with E-state index in [2.05, 4.69) is 17.4 Å². The van der Waals surface area contributed by atoms with Crippen LogP contribution < -0.4 is 5.32 Å². The maximum atomic E-state index is 13.1. The standard InChI is InChI=1S/C28H33NO6/c1-16(24(31)14-30)25(27(32)35-26(17-10-11-17)18-12-13-18)29-28(33)34-15-23-21-8-4-2-6-19(21)20-7-3-5-9-22(20)23/h2-9,16-18,23-26,30-31H,10-15H2,1H3,(H,29,33). The van der Waals surface area contributed by atoms with Crippen molar-refractivity contribution in [3.63, 3.8) is 0 Å². The van der Waals surface area contributed by atoms with Crippen LogP contribution in [0.15, 0.2) is 48.5 Å². The van der Waals surface area contributed by atoms with E-state index in [-0.39, 0.29) is 18.6 Å². The molecular formula is C28H33NO6. The maximum absolute atomic E-state index is 13.1. The van der Waals surface area contributed by atoms with Gasteiger partial charge >= 0.3 is 12.1 Å². The van der Waals surface area contributed by atoms with Crippen molar-refractivity contribution in [3.8, 4) is 11.1 Å². The molecule has 0 saturated heterocycles. The molecule has 2 aromatic carbocycles. The Morgan fingerprint density at radius 2 is 1.51 bits per heavy atom.